The summed E-state index contributed by atoms with van der Waals surface area (Å²) in [5, 5.41) is 0. The van der Waals surface area contributed by atoms with E-state index < -0.39 is 0 Å². The third kappa shape index (κ3) is 1.66. The van der Waals surface area contributed by atoms with Crippen LogP contribution in [0.15, 0.2) is 22.6 Å². The predicted octanol–water partition coefficient (Wildman–Crippen LogP) is 3.13. The zero-order chi connectivity index (χ0) is 11.0. The fourth-order valence-corrected chi connectivity index (χ4v) is 2.24. The Morgan fingerprint density at radius 3 is 2.81 bits per heavy atom. The van der Waals surface area contributed by atoms with Crippen LogP contribution < -0.4 is 4.90 Å². The maximum atomic E-state index is 5.80. The molecule has 0 bridgehead atoms. The van der Waals surface area contributed by atoms with E-state index in [0.717, 1.165) is 30.2 Å². The van der Waals surface area contributed by atoms with Gasteiger partial charge < -0.3 is 9.32 Å². The lowest BCUT2D eigenvalue weighted by Crippen LogP contribution is -2.29. The Bertz CT molecular complexity index is 498. The van der Waals surface area contributed by atoms with Gasteiger partial charge in [0.05, 0.1) is 0 Å². The number of oxazole rings is 1. The van der Waals surface area contributed by atoms with Gasteiger partial charge in [0, 0.05) is 13.1 Å². The number of fused-ring (bicyclic) bond motifs is 1. The van der Waals surface area contributed by atoms with Gasteiger partial charge in [0.1, 0.15) is 5.52 Å². The highest BCUT2D eigenvalue weighted by molar-refractivity contribution is 5.75. The Hall–Kier alpha value is -1.51. The molecule has 1 saturated heterocycles. The normalized spacial score (nSPS) is 16.9. The third-order valence-corrected chi connectivity index (χ3v) is 3.16. The summed E-state index contributed by atoms with van der Waals surface area (Å²) < 4.78 is 5.80. The number of piperidine rings is 1. The van der Waals surface area contributed by atoms with E-state index in [0.29, 0.717) is 0 Å². The zero-order valence-corrected chi connectivity index (χ0v) is 9.57. The molecule has 3 heteroatoms. The van der Waals surface area contributed by atoms with Gasteiger partial charge in [-0.15, -0.1) is 0 Å². The maximum absolute atomic E-state index is 5.80. The van der Waals surface area contributed by atoms with E-state index in [2.05, 4.69) is 28.9 Å². The first-order valence-electron chi connectivity index (χ1n) is 5.95. The molecule has 2 heterocycles. The maximum Gasteiger partial charge on any atom is 0.298 e. The van der Waals surface area contributed by atoms with Crippen LogP contribution in [-0.4, -0.2) is 18.1 Å². The summed E-state index contributed by atoms with van der Waals surface area (Å²) in [5.41, 5.74) is 3.08. The largest absolute Gasteiger partial charge is 0.423 e. The van der Waals surface area contributed by atoms with Crippen LogP contribution in [-0.2, 0) is 0 Å². The molecule has 1 fully saturated rings. The molecule has 0 saturated carbocycles. The van der Waals surface area contributed by atoms with E-state index in [1.807, 2.05) is 6.07 Å². The van der Waals surface area contributed by atoms with Crippen molar-refractivity contribution < 1.29 is 4.42 Å². The molecule has 1 aliphatic rings. The van der Waals surface area contributed by atoms with Gasteiger partial charge in [-0.2, -0.15) is 4.98 Å². The molecule has 0 amide bonds. The number of aryl methyl sites for hydroxylation is 1. The van der Waals surface area contributed by atoms with Crippen molar-refractivity contribution in [2.45, 2.75) is 26.2 Å². The van der Waals surface area contributed by atoms with Crippen molar-refractivity contribution in [1.82, 2.24) is 4.98 Å². The van der Waals surface area contributed by atoms with Gasteiger partial charge in [-0.3, -0.25) is 0 Å². The lowest BCUT2D eigenvalue weighted by Gasteiger charge is -2.24. The Morgan fingerprint density at radius 1 is 1.19 bits per heavy atom. The summed E-state index contributed by atoms with van der Waals surface area (Å²) in [4.78, 5) is 6.79. The van der Waals surface area contributed by atoms with Crippen LogP contribution in [0.1, 0.15) is 24.8 Å². The Kier molecular flexibility index (Phi) is 2.31. The first-order valence-corrected chi connectivity index (χ1v) is 5.95. The van der Waals surface area contributed by atoms with Gasteiger partial charge >= 0.3 is 0 Å². The molecule has 2 aromatic rings. The summed E-state index contributed by atoms with van der Waals surface area (Å²) in [5.74, 6) is 0. The molecule has 84 valence electrons. The number of benzene rings is 1. The molecule has 1 aromatic heterocycles. The molecule has 0 spiro atoms. The Balaban J connectivity index is 1.97. The fraction of sp³-hybridized carbons (Fsp3) is 0.462. The first kappa shape index (κ1) is 9.70. The zero-order valence-electron chi connectivity index (χ0n) is 9.57. The van der Waals surface area contributed by atoms with Crippen LogP contribution in [0.25, 0.3) is 11.1 Å². The SMILES string of the molecule is Cc1ccc2nc(N3CCCCC3)oc2c1. The molecule has 3 nitrogen and oxygen atoms in total. The second-order valence-corrected chi connectivity index (χ2v) is 4.52. The topological polar surface area (TPSA) is 29.3 Å². The smallest absolute Gasteiger partial charge is 0.298 e. The monoisotopic (exact) mass is 216 g/mol. The summed E-state index contributed by atoms with van der Waals surface area (Å²) in [6.07, 6.45) is 3.82. The predicted molar refractivity (Wildman–Crippen MR) is 64.8 cm³/mol. The van der Waals surface area contributed by atoms with Crippen molar-refractivity contribution >= 4 is 17.1 Å². The summed E-state index contributed by atoms with van der Waals surface area (Å²) in [6, 6.07) is 6.95. The number of aromatic nitrogens is 1. The number of hydrogen-bond acceptors (Lipinski definition) is 3. The number of hydrogen-bond donors (Lipinski definition) is 0. The van der Waals surface area contributed by atoms with E-state index in [1.54, 1.807) is 0 Å². The first-order chi connectivity index (χ1) is 7.83. The second kappa shape index (κ2) is 3.81. The molecule has 16 heavy (non-hydrogen) atoms. The number of nitrogens with zero attached hydrogens (tertiary/aromatic N) is 2. The average molecular weight is 216 g/mol. The molecular weight excluding hydrogens is 200 g/mol. The lowest BCUT2D eigenvalue weighted by molar-refractivity contribution is 0.509. The van der Waals surface area contributed by atoms with Crippen LogP contribution in [0.3, 0.4) is 0 Å². The number of rotatable bonds is 1. The second-order valence-electron chi connectivity index (χ2n) is 4.52. The van der Waals surface area contributed by atoms with E-state index >= 15 is 0 Å². The highest BCUT2D eigenvalue weighted by atomic mass is 16.4. The minimum absolute atomic E-state index is 0.792. The fourth-order valence-electron chi connectivity index (χ4n) is 2.24. The van der Waals surface area contributed by atoms with Gasteiger partial charge in [-0.1, -0.05) is 6.07 Å². The highest BCUT2D eigenvalue weighted by Crippen LogP contribution is 2.24. The summed E-state index contributed by atoms with van der Waals surface area (Å²) >= 11 is 0. The molecule has 3 rings (SSSR count). The minimum atomic E-state index is 0.792. The van der Waals surface area contributed by atoms with E-state index in [4.69, 9.17) is 4.42 Å². The van der Waals surface area contributed by atoms with Gasteiger partial charge in [0.25, 0.3) is 6.01 Å². The van der Waals surface area contributed by atoms with E-state index in [9.17, 15) is 0 Å². The number of anilines is 1. The quantitative estimate of drug-likeness (QED) is 0.733. The lowest BCUT2D eigenvalue weighted by atomic mass is 10.1. The highest BCUT2D eigenvalue weighted by Gasteiger charge is 2.16. The van der Waals surface area contributed by atoms with Gasteiger partial charge in [-0.05, 0) is 43.9 Å². The van der Waals surface area contributed by atoms with Crippen LogP contribution >= 0.6 is 0 Å². The summed E-state index contributed by atoms with van der Waals surface area (Å²) in [7, 11) is 0. The molecule has 0 atom stereocenters. The molecule has 0 unspecified atom stereocenters. The molecule has 1 aliphatic heterocycles. The Morgan fingerprint density at radius 2 is 2.00 bits per heavy atom. The third-order valence-electron chi connectivity index (χ3n) is 3.16. The standard InChI is InChI=1S/C13H16N2O/c1-10-5-6-11-12(9-10)16-13(14-11)15-7-3-2-4-8-15/h5-6,9H,2-4,7-8H2,1H3. The van der Waals surface area contributed by atoms with Gasteiger partial charge in [0.15, 0.2) is 5.58 Å². The molecule has 1 aromatic carbocycles. The molecule has 0 N–H and O–H groups in total. The molecule has 0 radical (unpaired) electrons. The summed E-state index contributed by atoms with van der Waals surface area (Å²) in [6.45, 7) is 4.22. The van der Waals surface area contributed by atoms with Crippen molar-refractivity contribution in [3.05, 3.63) is 23.8 Å². The van der Waals surface area contributed by atoms with E-state index in [1.165, 1.54) is 24.8 Å². The van der Waals surface area contributed by atoms with E-state index in [-0.39, 0.29) is 0 Å². The van der Waals surface area contributed by atoms with Crippen molar-refractivity contribution in [1.29, 1.82) is 0 Å². The average Bonchev–Trinajstić information content (AvgIpc) is 2.73. The van der Waals surface area contributed by atoms with Crippen LogP contribution in [0, 0.1) is 6.92 Å². The van der Waals surface area contributed by atoms with Gasteiger partial charge in [-0.25, -0.2) is 0 Å². The van der Waals surface area contributed by atoms with Crippen molar-refractivity contribution in [3.8, 4) is 0 Å². The van der Waals surface area contributed by atoms with Crippen LogP contribution in [0.5, 0.6) is 0 Å². The van der Waals surface area contributed by atoms with Crippen molar-refractivity contribution in [3.63, 3.8) is 0 Å². The molecular formula is C13H16N2O. The van der Waals surface area contributed by atoms with Crippen LogP contribution in [0.2, 0.25) is 0 Å². The van der Waals surface area contributed by atoms with Crippen molar-refractivity contribution in [2.24, 2.45) is 0 Å². The van der Waals surface area contributed by atoms with Crippen LogP contribution in [0.4, 0.5) is 6.01 Å². The Labute approximate surface area is 95.1 Å². The van der Waals surface area contributed by atoms with Crippen molar-refractivity contribution in [2.75, 3.05) is 18.0 Å². The minimum Gasteiger partial charge on any atom is -0.423 e. The van der Waals surface area contributed by atoms with Gasteiger partial charge in [0.2, 0.25) is 0 Å². The molecule has 0 aliphatic carbocycles.